The number of hydrogen-bond acceptors (Lipinski definition) is 5. The summed E-state index contributed by atoms with van der Waals surface area (Å²) in [5.74, 6) is 2.48. The molecule has 0 spiro atoms. The van der Waals surface area contributed by atoms with Crippen LogP contribution < -0.4 is 10.2 Å². The van der Waals surface area contributed by atoms with Crippen molar-refractivity contribution in [2.75, 3.05) is 25.0 Å². The number of anilines is 1. The molecule has 1 aliphatic heterocycles. The molecule has 2 N–H and O–H groups in total. The molecule has 24 heavy (non-hydrogen) atoms. The van der Waals surface area contributed by atoms with E-state index in [0.29, 0.717) is 12.5 Å². The fourth-order valence-corrected chi connectivity index (χ4v) is 3.45. The third-order valence-corrected chi connectivity index (χ3v) is 5.14. The lowest BCUT2D eigenvalue weighted by Crippen LogP contribution is -2.39. The Kier molecular flexibility index (Phi) is 3.54. The molecule has 0 radical (unpaired) electrons. The van der Waals surface area contributed by atoms with Gasteiger partial charge in [0.2, 0.25) is 11.9 Å². The Labute approximate surface area is 140 Å². The molecule has 128 valence electrons. The molecule has 1 aliphatic carbocycles. The third-order valence-electron chi connectivity index (χ3n) is 5.14. The van der Waals surface area contributed by atoms with E-state index in [1.165, 1.54) is 12.8 Å². The van der Waals surface area contributed by atoms with Crippen molar-refractivity contribution in [3.63, 3.8) is 0 Å². The van der Waals surface area contributed by atoms with Crippen LogP contribution in [0.3, 0.4) is 0 Å². The van der Waals surface area contributed by atoms with Crippen LogP contribution in [0.5, 0.6) is 0 Å². The van der Waals surface area contributed by atoms with Gasteiger partial charge in [-0.1, -0.05) is 0 Å². The van der Waals surface area contributed by atoms with Crippen LogP contribution in [0.25, 0.3) is 11.5 Å². The minimum atomic E-state index is -0.376. The lowest BCUT2D eigenvalue weighted by atomic mass is 9.89. The maximum absolute atomic E-state index is 12.2. The highest BCUT2D eigenvalue weighted by molar-refractivity contribution is 5.83. The molecule has 0 bridgehead atoms. The molecule has 2 aromatic heterocycles. The summed E-state index contributed by atoms with van der Waals surface area (Å²) < 4.78 is 2.18. The highest BCUT2D eigenvalue weighted by Crippen LogP contribution is 2.37. The lowest BCUT2D eigenvalue weighted by Gasteiger charge is -2.23. The van der Waals surface area contributed by atoms with Crippen molar-refractivity contribution >= 4 is 11.9 Å². The van der Waals surface area contributed by atoms with Crippen LogP contribution in [0.15, 0.2) is 12.3 Å². The van der Waals surface area contributed by atoms with E-state index in [4.69, 9.17) is 0 Å². The zero-order chi connectivity index (χ0) is 16.7. The predicted molar refractivity (Wildman–Crippen MR) is 89.3 cm³/mol. The van der Waals surface area contributed by atoms with E-state index >= 15 is 0 Å². The molecular weight excluding hydrogens is 306 g/mol. The monoisotopic (exact) mass is 329 g/mol. The highest BCUT2D eigenvalue weighted by Gasteiger charge is 2.41. The minimum absolute atomic E-state index is 0.0899. The molecule has 8 nitrogen and oxygen atoms in total. The lowest BCUT2D eigenvalue weighted by molar-refractivity contribution is -0.128. The van der Waals surface area contributed by atoms with E-state index in [2.05, 4.69) is 35.2 Å². The molecular formula is C16H23N7O. The summed E-state index contributed by atoms with van der Waals surface area (Å²) in [5, 5.41) is 18.6. The maximum atomic E-state index is 12.2. The first-order valence-electron chi connectivity index (χ1n) is 8.51. The van der Waals surface area contributed by atoms with Gasteiger partial charge in [0.25, 0.3) is 0 Å². The van der Waals surface area contributed by atoms with Crippen LogP contribution in [0.2, 0.25) is 0 Å². The second kappa shape index (κ2) is 5.61. The average Bonchev–Trinajstić information content (AvgIpc) is 2.97. The summed E-state index contributed by atoms with van der Waals surface area (Å²) in [4.78, 5) is 14.4. The van der Waals surface area contributed by atoms with Crippen molar-refractivity contribution in [1.29, 1.82) is 0 Å². The number of carbonyl (C=O) groups is 1. The Morgan fingerprint density at radius 2 is 2.29 bits per heavy atom. The summed E-state index contributed by atoms with van der Waals surface area (Å²) in [6.07, 6.45) is 5.07. The summed E-state index contributed by atoms with van der Waals surface area (Å²) in [5.41, 5.74) is 0.502. The van der Waals surface area contributed by atoms with Gasteiger partial charge in [-0.3, -0.25) is 14.5 Å². The number of aromatic amines is 1. The van der Waals surface area contributed by atoms with Gasteiger partial charge in [0, 0.05) is 32.9 Å². The zero-order valence-electron chi connectivity index (χ0n) is 14.1. The number of H-pyrrole nitrogens is 1. The summed E-state index contributed by atoms with van der Waals surface area (Å²) in [6.45, 7) is 4.42. The van der Waals surface area contributed by atoms with Gasteiger partial charge in [0.15, 0.2) is 5.82 Å². The van der Waals surface area contributed by atoms with Crippen LogP contribution in [0.4, 0.5) is 5.95 Å². The molecule has 1 unspecified atom stereocenters. The summed E-state index contributed by atoms with van der Waals surface area (Å²) >= 11 is 0. The topological polar surface area (TPSA) is 91.7 Å². The SMILES string of the molecule is CNC(=O)C1(C)CCN(c2nnc(-c3ccn[nH]3)n2CC2CC2)C1. The first-order chi connectivity index (χ1) is 11.6. The fraction of sp³-hybridized carbons (Fsp3) is 0.625. The van der Waals surface area contributed by atoms with Gasteiger partial charge in [-0.15, -0.1) is 10.2 Å². The normalized spacial score (nSPS) is 23.7. The quantitative estimate of drug-likeness (QED) is 0.855. The maximum Gasteiger partial charge on any atom is 0.227 e. The van der Waals surface area contributed by atoms with E-state index in [1.54, 1.807) is 13.2 Å². The molecule has 8 heteroatoms. The number of nitrogens with zero attached hydrogens (tertiary/aromatic N) is 5. The molecule has 1 saturated heterocycles. The van der Waals surface area contributed by atoms with E-state index in [1.807, 2.05) is 13.0 Å². The molecule has 4 rings (SSSR count). The predicted octanol–water partition coefficient (Wildman–Crippen LogP) is 1.04. The highest BCUT2D eigenvalue weighted by atomic mass is 16.2. The summed E-state index contributed by atoms with van der Waals surface area (Å²) in [7, 11) is 1.70. The van der Waals surface area contributed by atoms with Crippen molar-refractivity contribution < 1.29 is 4.79 Å². The Bertz CT molecular complexity index is 734. The van der Waals surface area contributed by atoms with E-state index in [0.717, 1.165) is 37.0 Å². The number of amides is 1. The van der Waals surface area contributed by atoms with Gasteiger partial charge in [0.1, 0.15) is 5.69 Å². The van der Waals surface area contributed by atoms with E-state index < -0.39 is 0 Å². The van der Waals surface area contributed by atoms with Gasteiger partial charge in [-0.2, -0.15) is 5.10 Å². The Morgan fingerprint density at radius 1 is 1.46 bits per heavy atom. The summed E-state index contributed by atoms with van der Waals surface area (Å²) in [6, 6.07) is 1.91. The van der Waals surface area contributed by atoms with Crippen LogP contribution in [-0.4, -0.2) is 51.0 Å². The Balaban J connectivity index is 1.65. The number of rotatable bonds is 5. The van der Waals surface area contributed by atoms with Crippen LogP contribution in [-0.2, 0) is 11.3 Å². The van der Waals surface area contributed by atoms with Crippen LogP contribution in [0.1, 0.15) is 26.2 Å². The standard InChI is InChI=1S/C16H23N7O/c1-16(14(24)17-2)6-8-22(10-16)15-21-20-13(12-5-7-18-19-12)23(15)9-11-3-4-11/h5,7,11H,3-4,6,8-10H2,1-2H3,(H,17,24)(H,18,19). The number of hydrogen-bond donors (Lipinski definition) is 2. The molecule has 1 amide bonds. The number of carbonyl (C=O) groups excluding carboxylic acids is 1. The smallest absolute Gasteiger partial charge is 0.227 e. The van der Waals surface area contributed by atoms with Crippen molar-refractivity contribution in [2.24, 2.45) is 11.3 Å². The fourth-order valence-electron chi connectivity index (χ4n) is 3.45. The van der Waals surface area contributed by atoms with Crippen molar-refractivity contribution in [1.82, 2.24) is 30.3 Å². The second-order valence-electron chi connectivity index (χ2n) is 7.16. The average molecular weight is 329 g/mol. The van der Waals surface area contributed by atoms with Gasteiger partial charge in [-0.05, 0) is 38.2 Å². The first-order valence-corrected chi connectivity index (χ1v) is 8.51. The Hall–Kier alpha value is -2.38. The van der Waals surface area contributed by atoms with Gasteiger partial charge in [0.05, 0.1) is 5.41 Å². The molecule has 2 aromatic rings. The van der Waals surface area contributed by atoms with Crippen LogP contribution in [0, 0.1) is 11.3 Å². The van der Waals surface area contributed by atoms with Gasteiger partial charge < -0.3 is 10.2 Å². The molecule has 3 heterocycles. The van der Waals surface area contributed by atoms with E-state index in [9.17, 15) is 4.79 Å². The largest absolute Gasteiger partial charge is 0.359 e. The number of nitrogens with one attached hydrogen (secondary N) is 2. The van der Waals surface area contributed by atoms with E-state index in [-0.39, 0.29) is 11.3 Å². The Morgan fingerprint density at radius 3 is 2.96 bits per heavy atom. The minimum Gasteiger partial charge on any atom is -0.359 e. The molecule has 2 aliphatic rings. The van der Waals surface area contributed by atoms with Crippen molar-refractivity contribution in [3.05, 3.63) is 12.3 Å². The molecule has 1 atom stereocenters. The van der Waals surface area contributed by atoms with Gasteiger partial charge in [-0.25, -0.2) is 0 Å². The molecule has 1 saturated carbocycles. The third kappa shape index (κ3) is 2.55. The molecule has 0 aromatic carbocycles. The first kappa shape index (κ1) is 15.2. The zero-order valence-corrected chi connectivity index (χ0v) is 14.1. The van der Waals surface area contributed by atoms with Crippen molar-refractivity contribution in [2.45, 2.75) is 32.7 Å². The van der Waals surface area contributed by atoms with Gasteiger partial charge >= 0.3 is 0 Å². The number of aromatic nitrogens is 5. The van der Waals surface area contributed by atoms with Crippen LogP contribution >= 0.6 is 0 Å². The van der Waals surface area contributed by atoms with Crippen molar-refractivity contribution in [3.8, 4) is 11.5 Å². The molecule has 2 fully saturated rings. The second-order valence-corrected chi connectivity index (χ2v) is 7.16.